The van der Waals surface area contributed by atoms with E-state index in [2.05, 4.69) is 20.9 Å². The van der Waals surface area contributed by atoms with Gasteiger partial charge in [-0.3, -0.25) is 4.79 Å². The molecule has 1 aromatic heterocycles. The minimum Gasteiger partial charge on any atom is -0.483 e. The molecule has 0 amide bonds. The fourth-order valence-corrected chi connectivity index (χ4v) is 2.09. The number of aromatic nitrogens is 1. The summed E-state index contributed by atoms with van der Waals surface area (Å²) in [5, 5.41) is 0.411. The molecule has 1 atom stereocenters. The molecule has 1 heterocycles. The number of aldehydes is 1. The van der Waals surface area contributed by atoms with Gasteiger partial charge in [-0.2, -0.15) is 0 Å². The third kappa shape index (κ3) is 3.95. The normalized spacial score (nSPS) is 11.8. The van der Waals surface area contributed by atoms with Gasteiger partial charge in [0.05, 0.1) is 0 Å². The summed E-state index contributed by atoms with van der Waals surface area (Å²) < 4.78 is 11.7. The first-order valence-corrected chi connectivity index (χ1v) is 6.96. The highest BCUT2D eigenvalue weighted by atomic mass is 79.9. The van der Waals surface area contributed by atoms with Gasteiger partial charge in [0.2, 0.25) is 5.88 Å². The van der Waals surface area contributed by atoms with Crippen LogP contribution in [0.3, 0.4) is 0 Å². The number of pyridine rings is 1. The number of halogens is 2. The Morgan fingerprint density at radius 1 is 1.30 bits per heavy atom. The summed E-state index contributed by atoms with van der Waals surface area (Å²) in [5.74, 6) is 1.49. The van der Waals surface area contributed by atoms with Crippen LogP contribution in [0.25, 0.3) is 0 Å². The largest absolute Gasteiger partial charge is 0.483 e. The molecule has 1 unspecified atom stereocenters. The first-order chi connectivity index (χ1) is 9.58. The number of benzene rings is 1. The zero-order valence-electron chi connectivity index (χ0n) is 10.5. The van der Waals surface area contributed by atoms with Crippen molar-refractivity contribution in [3.63, 3.8) is 0 Å². The molecular formula is C14H11BrClNO3. The van der Waals surface area contributed by atoms with Gasteiger partial charge in [0.25, 0.3) is 0 Å². The van der Waals surface area contributed by atoms with Crippen LogP contribution in [0.2, 0.25) is 5.02 Å². The van der Waals surface area contributed by atoms with Crippen LogP contribution in [-0.2, 0) is 4.79 Å². The summed E-state index contributed by atoms with van der Waals surface area (Å²) in [6, 6.07) is 8.55. The zero-order chi connectivity index (χ0) is 14.5. The Labute approximate surface area is 129 Å². The predicted octanol–water partition coefficient (Wildman–Crippen LogP) is 4.26. The van der Waals surface area contributed by atoms with Crippen molar-refractivity contribution in [2.24, 2.45) is 0 Å². The van der Waals surface area contributed by atoms with Gasteiger partial charge in [0.15, 0.2) is 12.4 Å². The fraction of sp³-hybridized carbons (Fsp3) is 0.143. The minimum atomic E-state index is -0.482. The number of rotatable bonds is 5. The van der Waals surface area contributed by atoms with E-state index in [0.29, 0.717) is 22.4 Å². The first kappa shape index (κ1) is 14.8. The van der Waals surface area contributed by atoms with Crippen LogP contribution in [0.1, 0.15) is 6.92 Å². The lowest BCUT2D eigenvalue weighted by atomic mass is 10.3. The molecule has 4 nitrogen and oxygen atoms in total. The van der Waals surface area contributed by atoms with Crippen molar-refractivity contribution in [2.75, 3.05) is 0 Å². The molecule has 0 bridgehead atoms. The molecule has 0 saturated carbocycles. The third-order valence-electron chi connectivity index (χ3n) is 2.33. The summed E-state index contributed by atoms with van der Waals surface area (Å²) in [4.78, 5) is 14.6. The molecule has 2 aromatic rings. The smallest absolute Gasteiger partial charge is 0.238 e. The van der Waals surface area contributed by atoms with Gasteiger partial charge < -0.3 is 9.47 Å². The Kier molecular flexibility index (Phi) is 4.98. The van der Waals surface area contributed by atoms with Gasteiger partial charge in [-0.15, -0.1) is 0 Å². The van der Waals surface area contributed by atoms with E-state index in [1.165, 1.54) is 0 Å². The van der Waals surface area contributed by atoms with Crippen LogP contribution in [0.15, 0.2) is 41.0 Å². The van der Waals surface area contributed by atoms with Crippen molar-refractivity contribution in [1.29, 1.82) is 0 Å². The average molecular weight is 357 g/mol. The molecule has 20 heavy (non-hydrogen) atoms. The van der Waals surface area contributed by atoms with Gasteiger partial charge in [0.1, 0.15) is 16.5 Å². The van der Waals surface area contributed by atoms with E-state index in [4.69, 9.17) is 21.1 Å². The molecule has 6 heteroatoms. The minimum absolute atomic E-state index is 0.324. The molecule has 0 fully saturated rings. The maximum Gasteiger partial charge on any atom is 0.238 e. The Morgan fingerprint density at radius 3 is 2.55 bits per heavy atom. The number of hydrogen-bond acceptors (Lipinski definition) is 4. The molecule has 0 aliphatic carbocycles. The average Bonchev–Trinajstić information content (AvgIpc) is 2.44. The quantitative estimate of drug-likeness (QED) is 0.751. The van der Waals surface area contributed by atoms with Crippen LogP contribution in [0.4, 0.5) is 0 Å². The SMILES string of the molecule is CC(C=O)Oc1ccc(Oc2ncc(Br)cc2Cl)cc1. The lowest BCUT2D eigenvalue weighted by Gasteiger charge is -2.10. The van der Waals surface area contributed by atoms with E-state index in [1.54, 1.807) is 43.5 Å². The first-order valence-electron chi connectivity index (χ1n) is 5.79. The fourth-order valence-electron chi connectivity index (χ4n) is 1.42. The maximum atomic E-state index is 10.5. The number of ether oxygens (including phenoxy) is 2. The second-order valence-electron chi connectivity index (χ2n) is 3.97. The maximum absolute atomic E-state index is 10.5. The van der Waals surface area contributed by atoms with Crippen molar-refractivity contribution >= 4 is 33.8 Å². The Balaban J connectivity index is 2.08. The van der Waals surface area contributed by atoms with E-state index in [-0.39, 0.29) is 0 Å². The van der Waals surface area contributed by atoms with Crippen molar-refractivity contribution in [3.8, 4) is 17.4 Å². The molecule has 104 valence electrons. The van der Waals surface area contributed by atoms with Crippen LogP contribution < -0.4 is 9.47 Å². The Bertz CT molecular complexity index is 604. The lowest BCUT2D eigenvalue weighted by Crippen LogP contribution is -2.12. The molecule has 2 rings (SSSR count). The number of hydrogen-bond donors (Lipinski definition) is 0. The third-order valence-corrected chi connectivity index (χ3v) is 3.03. The monoisotopic (exact) mass is 355 g/mol. The molecule has 0 aliphatic rings. The molecule has 0 saturated heterocycles. The summed E-state index contributed by atoms with van der Waals surface area (Å²) >= 11 is 9.29. The van der Waals surface area contributed by atoms with Gasteiger partial charge in [-0.1, -0.05) is 11.6 Å². The number of carbonyl (C=O) groups excluding carboxylic acids is 1. The molecule has 0 spiro atoms. The van der Waals surface area contributed by atoms with E-state index in [9.17, 15) is 4.79 Å². The standard InChI is InChI=1S/C14H11BrClNO3/c1-9(8-18)19-11-2-4-12(5-3-11)20-14-13(16)6-10(15)7-17-14/h2-9H,1H3. The summed E-state index contributed by atoms with van der Waals surface area (Å²) in [6.45, 7) is 1.67. The van der Waals surface area contributed by atoms with E-state index in [1.807, 2.05) is 0 Å². The number of carbonyl (C=O) groups is 1. The van der Waals surface area contributed by atoms with E-state index < -0.39 is 6.10 Å². The molecule has 0 aliphatic heterocycles. The van der Waals surface area contributed by atoms with E-state index in [0.717, 1.165) is 10.8 Å². The van der Waals surface area contributed by atoms with Gasteiger partial charge in [-0.05, 0) is 53.2 Å². The second kappa shape index (κ2) is 6.72. The topological polar surface area (TPSA) is 48.4 Å². The Hall–Kier alpha value is -1.59. The highest BCUT2D eigenvalue weighted by molar-refractivity contribution is 9.10. The van der Waals surface area contributed by atoms with Gasteiger partial charge >= 0.3 is 0 Å². The zero-order valence-corrected chi connectivity index (χ0v) is 12.9. The van der Waals surface area contributed by atoms with Crippen molar-refractivity contribution in [3.05, 3.63) is 46.0 Å². The van der Waals surface area contributed by atoms with Crippen LogP contribution in [0.5, 0.6) is 17.4 Å². The van der Waals surface area contributed by atoms with E-state index >= 15 is 0 Å². The van der Waals surface area contributed by atoms with Crippen LogP contribution in [-0.4, -0.2) is 17.4 Å². The predicted molar refractivity (Wildman–Crippen MR) is 79.6 cm³/mol. The summed E-state index contributed by atoms with van der Waals surface area (Å²) in [7, 11) is 0. The van der Waals surface area contributed by atoms with Crippen molar-refractivity contribution in [1.82, 2.24) is 4.98 Å². The summed E-state index contributed by atoms with van der Waals surface area (Å²) in [6.07, 6.45) is 1.85. The van der Waals surface area contributed by atoms with Gasteiger partial charge in [0, 0.05) is 10.7 Å². The van der Waals surface area contributed by atoms with Crippen LogP contribution in [0, 0.1) is 0 Å². The molecule has 1 aromatic carbocycles. The van der Waals surface area contributed by atoms with Gasteiger partial charge in [-0.25, -0.2) is 4.98 Å². The van der Waals surface area contributed by atoms with Crippen molar-refractivity contribution < 1.29 is 14.3 Å². The van der Waals surface area contributed by atoms with Crippen LogP contribution >= 0.6 is 27.5 Å². The highest BCUT2D eigenvalue weighted by Gasteiger charge is 2.06. The lowest BCUT2D eigenvalue weighted by molar-refractivity contribution is -0.113. The molecule has 0 N–H and O–H groups in total. The van der Waals surface area contributed by atoms with Crippen molar-refractivity contribution in [2.45, 2.75) is 13.0 Å². The summed E-state index contributed by atoms with van der Waals surface area (Å²) in [5.41, 5.74) is 0. The Morgan fingerprint density at radius 2 is 1.95 bits per heavy atom. The second-order valence-corrected chi connectivity index (χ2v) is 5.30. The number of nitrogens with zero attached hydrogens (tertiary/aromatic N) is 1. The molecular weight excluding hydrogens is 346 g/mol. The highest BCUT2D eigenvalue weighted by Crippen LogP contribution is 2.30. The molecule has 0 radical (unpaired) electrons.